The average Bonchev–Trinajstić information content (AvgIpc) is 2.67. The van der Waals surface area contributed by atoms with E-state index in [1.165, 1.54) is 18.2 Å². The lowest BCUT2D eigenvalue weighted by Gasteiger charge is -2.16. The number of nitrogens with zero attached hydrogens (tertiary/aromatic N) is 1. The minimum atomic E-state index is -0.546. The van der Waals surface area contributed by atoms with Gasteiger partial charge in [-0.1, -0.05) is 11.6 Å². The van der Waals surface area contributed by atoms with Crippen LogP contribution in [0.5, 0.6) is 0 Å². The molecule has 0 radical (unpaired) electrons. The zero-order valence-corrected chi connectivity index (χ0v) is 9.38. The summed E-state index contributed by atoms with van der Waals surface area (Å²) in [6.07, 6.45) is 0.758. The Morgan fingerprint density at radius 1 is 1.56 bits per heavy atom. The molecule has 0 spiro atoms. The van der Waals surface area contributed by atoms with Gasteiger partial charge in [-0.15, -0.1) is 0 Å². The van der Waals surface area contributed by atoms with Crippen LogP contribution in [-0.2, 0) is 0 Å². The molecule has 1 aromatic rings. The highest BCUT2D eigenvalue weighted by atomic mass is 35.5. The molecule has 1 amide bonds. The molecule has 2 rings (SSSR count). The van der Waals surface area contributed by atoms with Crippen molar-refractivity contribution in [3.63, 3.8) is 0 Å². The molecule has 2 N–H and O–H groups in total. The van der Waals surface area contributed by atoms with E-state index >= 15 is 0 Å². The zero-order valence-electron chi connectivity index (χ0n) is 8.62. The number of benzene rings is 1. The monoisotopic (exact) mass is 242 g/mol. The number of carbonyl (C=O) groups is 1. The largest absolute Gasteiger partial charge is 0.337 e. The van der Waals surface area contributed by atoms with Crippen molar-refractivity contribution >= 4 is 17.5 Å². The number of nitrogens with two attached hydrogens (primary N) is 1. The molecule has 1 fully saturated rings. The van der Waals surface area contributed by atoms with Gasteiger partial charge in [0.25, 0.3) is 5.91 Å². The van der Waals surface area contributed by atoms with Gasteiger partial charge in [0.15, 0.2) is 0 Å². The third-order valence-corrected chi connectivity index (χ3v) is 2.91. The molecule has 5 heteroatoms. The molecule has 1 unspecified atom stereocenters. The summed E-state index contributed by atoms with van der Waals surface area (Å²) >= 11 is 5.73. The first-order valence-corrected chi connectivity index (χ1v) is 5.45. The maximum atomic E-state index is 13.4. The number of hydrogen-bond acceptors (Lipinski definition) is 2. The number of hydrogen-bond donors (Lipinski definition) is 1. The first-order valence-electron chi connectivity index (χ1n) is 5.08. The van der Waals surface area contributed by atoms with Crippen LogP contribution in [0.1, 0.15) is 16.8 Å². The van der Waals surface area contributed by atoms with Crippen LogP contribution in [-0.4, -0.2) is 29.9 Å². The van der Waals surface area contributed by atoms with E-state index in [1.807, 2.05) is 0 Å². The van der Waals surface area contributed by atoms with E-state index in [0.29, 0.717) is 18.1 Å². The number of amides is 1. The molecule has 3 nitrogen and oxygen atoms in total. The van der Waals surface area contributed by atoms with Gasteiger partial charge in [0.1, 0.15) is 5.82 Å². The maximum absolute atomic E-state index is 13.4. The molecule has 0 bridgehead atoms. The summed E-state index contributed by atoms with van der Waals surface area (Å²) in [4.78, 5) is 13.5. The Hall–Kier alpha value is -1.13. The Kier molecular flexibility index (Phi) is 3.12. The summed E-state index contributed by atoms with van der Waals surface area (Å²) in [6, 6.07) is 3.96. The predicted molar refractivity (Wildman–Crippen MR) is 59.9 cm³/mol. The summed E-state index contributed by atoms with van der Waals surface area (Å²) in [6.45, 7) is 1.05. The van der Waals surface area contributed by atoms with Crippen LogP contribution in [0, 0.1) is 5.82 Å². The van der Waals surface area contributed by atoms with Crippen LogP contribution in [0.25, 0.3) is 0 Å². The van der Waals surface area contributed by atoms with Crippen molar-refractivity contribution in [2.45, 2.75) is 12.5 Å². The van der Waals surface area contributed by atoms with Crippen molar-refractivity contribution in [3.8, 4) is 0 Å². The molecule has 86 valence electrons. The van der Waals surface area contributed by atoms with Crippen LogP contribution >= 0.6 is 11.6 Å². The highest BCUT2D eigenvalue weighted by Gasteiger charge is 2.26. The van der Waals surface area contributed by atoms with Crippen molar-refractivity contribution in [1.29, 1.82) is 0 Å². The number of carbonyl (C=O) groups excluding carboxylic acids is 1. The van der Waals surface area contributed by atoms with E-state index in [1.54, 1.807) is 4.90 Å². The summed E-state index contributed by atoms with van der Waals surface area (Å²) in [5.74, 6) is -0.886. The second kappa shape index (κ2) is 4.39. The topological polar surface area (TPSA) is 46.3 Å². The Bertz CT molecular complexity index is 424. The Morgan fingerprint density at radius 2 is 2.31 bits per heavy atom. The molecule has 0 saturated carbocycles. The second-order valence-corrected chi connectivity index (χ2v) is 4.36. The van der Waals surface area contributed by atoms with Crippen LogP contribution in [0.3, 0.4) is 0 Å². The summed E-state index contributed by atoms with van der Waals surface area (Å²) in [5, 5.41) is 0.355. The molecule has 1 aromatic carbocycles. The van der Waals surface area contributed by atoms with E-state index < -0.39 is 5.82 Å². The Morgan fingerprint density at radius 3 is 2.94 bits per heavy atom. The fraction of sp³-hybridized carbons (Fsp3) is 0.364. The average molecular weight is 243 g/mol. The third kappa shape index (κ3) is 2.18. The SMILES string of the molecule is NC1CCN(C(=O)c2cc(Cl)ccc2F)C1. The second-order valence-electron chi connectivity index (χ2n) is 3.92. The van der Waals surface area contributed by atoms with Gasteiger partial charge < -0.3 is 10.6 Å². The lowest BCUT2D eigenvalue weighted by atomic mass is 10.2. The van der Waals surface area contributed by atoms with E-state index in [0.717, 1.165) is 6.42 Å². The molecule has 0 aliphatic carbocycles. The fourth-order valence-electron chi connectivity index (χ4n) is 1.80. The van der Waals surface area contributed by atoms with E-state index in [9.17, 15) is 9.18 Å². The number of halogens is 2. The van der Waals surface area contributed by atoms with Gasteiger partial charge in [0.05, 0.1) is 5.56 Å². The molecular weight excluding hydrogens is 231 g/mol. The molecule has 1 heterocycles. The first kappa shape index (κ1) is 11.4. The molecule has 16 heavy (non-hydrogen) atoms. The minimum absolute atomic E-state index is 0.00815. The highest BCUT2D eigenvalue weighted by molar-refractivity contribution is 6.31. The highest BCUT2D eigenvalue weighted by Crippen LogP contribution is 2.18. The first-order chi connectivity index (χ1) is 7.58. The number of likely N-dealkylation sites (tertiary alicyclic amines) is 1. The molecule has 1 atom stereocenters. The normalized spacial score (nSPS) is 20.2. The molecule has 1 saturated heterocycles. The van der Waals surface area contributed by atoms with Crippen LogP contribution in [0.2, 0.25) is 5.02 Å². The standard InChI is InChI=1S/C11H12ClFN2O/c12-7-1-2-10(13)9(5-7)11(16)15-4-3-8(14)6-15/h1-2,5,8H,3-4,6,14H2. The molecule has 1 aliphatic heterocycles. The van der Waals surface area contributed by atoms with Crippen molar-refractivity contribution < 1.29 is 9.18 Å². The predicted octanol–water partition coefficient (Wildman–Crippen LogP) is 1.65. The van der Waals surface area contributed by atoms with Gasteiger partial charge in [0, 0.05) is 24.2 Å². The zero-order chi connectivity index (χ0) is 11.7. The van der Waals surface area contributed by atoms with Crippen LogP contribution in [0.15, 0.2) is 18.2 Å². The summed E-state index contributed by atoms with van der Waals surface area (Å²) in [7, 11) is 0. The van der Waals surface area contributed by atoms with Crippen molar-refractivity contribution in [2.75, 3.05) is 13.1 Å². The lowest BCUT2D eigenvalue weighted by molar-refractivity contribution is 0.0786. The van der Waals surface area contributed by atoms with Crippen LogP contribution < -0.4 is 5.73 Å². The van der Waals surface area contributed by atoms with Gasteiger partial charge in [-0.05, 0) is 24.6 Å². The maximum Gasteiger partial charge on any atom is 0.256 e. The Balaban J connectivity index is 2.23. The van der Waals surface area contributed by atoms with Gasteiger partial charge in [-0.2, -0.15) is 0 Å². The number of rotatable bonds is 1. The van der Waals surface area contributed by atoms with E-state index in [4.69, 9.17) is 17.3 Å². The van der Waals surface area contributed by atoms with Gasteiger partial charge in [-0.3, -0.25) is 4.79 Å². The van der Waals surface area contributed by atoms with E-state index in [-0.39, 0.29) is 17.5 Å². The molecule has 1 aliphatic rings. The molecule has 0 aromatic heterocycles. The van der Waals surface area contributed by atoms with E-state index in [2.05, 4.69) is 0 Å². The Labute approximate surface area is 98.0 Å². The van der Waals surface area contributed by atoms with Crippen molar-refractivity contribution in [3.05, 3.63) is 34.6 Å². The fourth-order valence-corrected chi connectivity index (χ4v) is 1.98. The van der Waals surface area contributed by atoms with Crippen molar-refractivity contribution in [1.82, 2.24) is 4.90 Å². The summed E-state index contributed by atoms with van der Waals surface area (Å²) < 4.78 is 13.4. The minimum Gasteiger partial charge on any atom is -0.337 e. The van der Waals surface area contributed by atoms with Crippen LogP contribution in [0.4, 0.5) is 4.39 Å². The lowest BCUT2D eigenvalue weighted by Crippen LogP contribution is -2.32. The van der Waals surface area contributed by atoms with Gasteiger partial charge >= 0.3 is 0 Å². The quantitative estimate of drug-likeness (QED) is 0.814. The molecular formula is C11H12ClFN2O. The summed E-state index contributed by atoms with van der Waals surface area (Å²) in [5.41, 5.74) is 5.71. The van der Waals surface area contributed by atoms with Crippen molar-refractivity contribution in [2.24, 2.45) is 5.73 Å². The smallest absolute Gasteiger partial charge is 0.256 e. The van der Waals surface area contributed by atoms with Gasteiger partial charge in [0.2, 0.25) is 0 Å². The van der Waals surface area contributed by atoms with Gasteiger partial charge in [-0.25, -0.2) is 4.39 Å². The third-order valence-electron chi connectivity index (χ3n) is 2.67.